The summed E-state index contributed by atoms with van der Waals surface area (Å²) in [6.45, 7) is 0.228. The Morgan fingerprint density at radius 1 is 1.37 bits per heavy atom. The lowest BCUT2D eigenvalue weighted by Gasteiger charge is -2.32. The predicted octanol–water partition coefficient (Wildman–Crippen LogP) is 3.15. The molecule has 0 radical (unpaired) electrons. The van der Waals surface area contributed by atoms with Crippen LogP contribution in [-0.2, 0) is 0 Å². The van der Waals surface area contributed by atoms with Crippen molar-refractivity contribution in [2.75, 3.05) is 13.1 Å². The van der Waals surface area contributed by atoms with Crippen LogP contribution in [-0.4, -0.2) is 35.1 Å². The lowest BCUT2D eigenvalue weighted by Crippen LogP contribution is -2.42. The molecule has 1 amide bonds. The Bertz CT molecular complexity index is 470. The Kier molecular flexibility index (Phi) is 3.99. The fourth-order valence-electron chi connectivity index (χ4n) is 2.13. The third kappa shape index (κ3) is 3.37. The summed E-state index contributed by atoms with van der Waals surface area (Å²) in [7, 11) is 0. The van der Waals surface area contributed by atoms with Gasteiger partial charge in [-0.3, -0.25) is 4.79 Å². The van der Waals surface area contributed by atoms with E-state index in [2.05, 4.69) is 4.98 Å². The SMILES string of the molecule is O=C(c1ccnc(Cl)c1)N1CCC(C(F)(F)F)CC1. The number of hydrogen-bond donors (Lipinski definition) is 0. The molecule has 1 saturated heterocycles. The van der Waals surface area contributed by atoms with Crippen molar-refractivity contribution in [3.8, 4) is 0 Å². The van der Waals surface area contributed by atoms with Gasteiger partial charge in [-0.1, -0.05) is 11.6 Å². The molecule has 0 aliphatic carbocycles. The van der Waals surface area contributed by atoms with E-state index in [-0.39, 0.29) is 37.0 Å². The number of piperidine rings is 1. The second-order valence-corrected chi connectivity index (χ2v) is 4.86. The van der Waals surface area contributed by atoms with Crippen molar-refractivity contribution in [2.24, 2.45) is 5.92 Å². The van der Waals surface area contributed by atoms with E-state index in [1.54, 1.807) is 0 Å². The number of hydrogen-bond acceptors (Lipinski definition) is 2. The van der Waals surface area contributed by atoms with Crippen LogP contribution in [0.2, 0.25) is 5.15 Å². The zero-order chi connectivity index (χ0) is 14.0. The van der Waals surface area contributed by atoms with Gasteiger partial charge in [0.05, 0.1) is 5.92 Å². The quantitative estimate of drug-likeness (QED) is 0.745. The third-order valence-corrected chi connectivity index (χ3v) is 3.43. The van der Waals surface area contributed by atoms with E-state index in [1.165, 1.54) is 23.2 Å². The Labute approximate surface area is 113 Å². The summed E-state index contributed by atoms with van der Waals surface area (Å²) in [5, 5.41) is 0.191. The minimum Gasteiger partial charge on any atom is -0.339 e. The van der Waals surface area contributed by atoms with Gasteiger partial charge in [-0.25, -0.2) is 4.98 Å². The number of carbonyl (C=O) groups is 1. The maximum atomic E-state index is 12.5. The molecule has 1 aliphatic rings. The molecule has 0 aromatic carbocycles. The van der Waals surface area contributed by atoms with Gasteiger partial charge in [0.1, 0.15) is 5.15 Å². The predicted molar refractivity (Wildman–Crippen MR) is 63.9 cm³/mol. The van der Waals surface area contributed by atoms with Gasteiger partial charge in [0.15, 0.2) is 0 Å². The van der Waals surface area contributed by atoms with Gasteiger partial charge in [0, 0.05) is 24.8 Å². The molecule has 2 heterocycles. The smallest absolute Gasteiger partial charge is 0.339 e. The number of aromatic nitrogens is 1. The molecule has 0 atom stereocenters. The van der Waals surface area contributed by atoms with Crippen molar-refractivity contribution in [1.82, 2.24) is 9.88 Å². The van der Waals surface area contributed by atoms with Crippen LogP contribution in [0.4, 0.5) is 13.2 Å². The van der Waals surface area contributed by atoms with Crippen LogP contribution in [0.3, 0.4) is 0 Å². The molecule has 19 heavy (non-hydrogen) atoms. The van der Waals surface area contributed by atoms with Gasteiger partial charge < -0.3 is 4.90 Å². The third-order valence-electron chi connectivity index (χ3n) is 3.22. The van der Waals surface area contributed by atoms with Gasteiger partial charge in [-0.15, -0.1) is 0 Å². The largest absolute Gasteiger partial charge is 0.391 e. The fourth-order valence-corrected chi connectivity index (χ4v) is 2.30. The lowest BCUT2D eigenvalue weighted by atomic mass is 9.96. The summed E-state index contributed by atoms with van der Waals surface area (Å²) in [5.41, 5.74) is 0.352. The second kappa shape index (κ2) is 5.36. The average Bonchev–Trinajstić information content (AvgIpc) is 2.37. The number of rotatable bonds is 1. The number of carbonyl (C=O) groups excluding carboxylic acids is 1. The van der Waals surface area contributed by atoms with Gasteiger partial charge in [-0.2, -0.15) is 13.2 Å². The van der Waals surface area contributed by atoms with Crippen molar-refractivity contribution in [2.45, 2.75) is 19.0 Å². The number of likely N-dealkylation sites (tertiary alicyclic amines) is 1. The molecule has 1 aromatic rings. The van der Waals surface area contributed by atoms with Crippen LogP contribution in [0.1, 0.15) is 23.2 Å². The Hall–Kier alpha value is -1.30. The highest BCUT2D eigenvalue weighted by atomic mass is 35.5. The van der Waals surface area contributed by atoms with Crippen molar-refractivity contribution in [3.05, 3.63) is 29.0 Å². The van der Waals surface area contributed by atoms with Crippen molar-refractivity contribution < 1.29 is 18.0 Å². The van der Waals surface area contributed by atoms with Gasteiger partial charge in [-0.05, 0) is 25.0 Å². The summed E-state index contributed by atoms with van der Waals surface area (Å²) in [6, 6.07) is 2.92. The molecule has 3 nitrogen and oxygen atoms in total. The Balaban J connectivity index is 2.00. The number of alkyl halides is 3. The average molecular weight is 293 g/mol. The number of pyridine rings is 1. The van der Waals surface area contributed by atoms with E-state index < -0.39 is 12.1 Å². The van der Waals surface area contributed by atoms with E-state index in [9.17, 15) is 18.0 Å². The molecule has 0 spiro atoms. The standard InChI is InChI=1S/C12H12ClF3N2O/c13-10-7-8(1-4-17-10)11(19)18-5-2-9(3-6-18)12(14,15)16/h1,4,7,9H,2-3,5-6H2. The monoisotopic (exact) mass is 292 g/mol. The van der Waals surface area contributed by atoms with Crippen molar-refractivity contribution >= 4 is 17.5 Å². The Morgan fingerprint density at radius 2 is 2.00 bits per heavy atom. The maximum Gasteiger partial charge on any atom is 0.391 e. The molecule has 104 valence electrons. The van der Waals surface area contributed by atoms with E-state index >= 15 is 0 Å². The first-order valence-electron chi connectivity index (χ1n) is 5.85. The number of amides is 1. The number of halogens is 4. The first-order chi connectivity index (χ1) is 8.88. The van der Waals surface area contributed by atoms with Crippen molar-refractivity contribution in [3.63, 3.8) is 0 Å². The summed E-state index contributed by atoms with van der Waals surface area (Å²) < 4.78 is 37.5. The fraction of sp³-hybridized carbons (Fsp3) is 0.500. The second-order valence-electron chi connectivity index (χ2n) is 4.48. The highest BCUT2D eigenvalue weighted by Gasteiger charge is 2.41. The highest BCUT2D eigenvalue weighted by Crippen LogP contribution is 2.34. The molecule has 0 unspecified atom stereocenters. The van der Waals surface area contributed by atoms with Crippen LogP contribution < -0.4 is 0 Å². The van der Waals surface area contributed by atoms with Gasteiger partial charge >= 0.3 is 6.18 Å². The molecule has 2 rings (SSSR count). The normalized spacial score (nSPS) is 17.6. The zero-order valence-electron chi connectivity index (χ0n) is 9.95. The van der Waals surface area contributed by atoms with E-state index in [0.717, 1.165) is 0 Å². The topological polar surface area (TPSA) is 33.2 Å². The highest BCUT2D eigenvalue weighted by molar-refractivity contribution is 6.29. The van der Waals surface area contributed by atoms with E-state index in [1.807, 2.05) is 0 Å². The summed E-state index contributed by atoms with van der Waals surface area (Å²) >= 11 is 5.68. The molecule has 0 bridgehead atoms. The molecule has 7 heteroatoms. The van der Waals surface area contributed by atoms with Crippen LogP contribution in [0.5, 0.6) is 0 Å². The first-order valence-corrected chi connectivity index (χ1v) is 6.23. The minimum atomic E-state index is -4.17. The van der Waals surface area contributed by atoms with Crippen LogP contribution in [0, 0.1) is 5.92 Å². The molecule has 1 aromatic heterocycles. The summed E-state index contributed by atoms with van der Waals surface area (Å²) in [4.78, 5) is 17.2. The molecular weight excluding hydrogens is 281 g/mol. The molecule has 1 aliphatic heterocycles. The summed E-state index contributed by atoms with van der Waals surface area (Å²) in [6.07, 6.45) is -2.87. The van der Waals surface area contributed by atoms with Gasteiger partial charge in [0.2, 0.25) is 0 Å². The van der Waals surface area contributed by atoms with Crippen LogP contribution >= 0.6 is 11.6 Å². The van der Waals surface area contributed by atoms with Crippen LogP contribution in [0.25, 0.3) is 0 Å². The maximum absolute atomic E-state index is 12.5. The molecule has 0 N–H and O–H groups in total. The van der Waals surface area contributed by atoms with E-state index in [4.69, 9.17) is 11.6 Å². The van der Waals surface area contributed by atoms with Crippen LogP contribution in [0.15, 0.2) is 18.3 Å². The zero-order valence-corrected chi connectivity index (χ0v) is 10.7. The Morgan fingerprint density at radius 3 is 2.53 bits per heavy atom. The molecule has 0 saturated carbocycles. The minimum absolute atomic E-state index is 0.0476. The van der Waals surface area contributed by atoms with E-state index in [0.29, 0.717) is 5.56 Å². The summed E-state index contributed by atoms with van der Waals surface area (Å²) in [5.74, 6) is -1.61. The first kappa shape index (κ1) is 14.1. The van der Waals surface area contributed by atoms with Gasteiger partial charge in [0.25, 0.3) is 5.91 Å². The van der Waals surface area contributed by atoms with Crippen molar-refractivity contribution in [1.29, 1.82) is 0 Å². The molecule has 1 fully saturated rings. The lowest BCUT2D eigenvalue weighted by molar-refractivity contribution is -0.183. The number of nitrogens with zero attached hydrogens (tertiary/aromatic N) is 2. The molecular formula is C12H12ClF3N2O.